The van der Waals surface area contributed by atoms with E-state index in [1.54, 1.807) is 19.4 Å². The summed E-state index contributed by atoms with van der Waals surface area (Å²) >= 11 is 12.2. The van der Waals surface area contributed by atoms with Gasteiger partial charge in [0.25, 0.3) is 10.0 Å². The van der Waals surface area contributed by atoms with Crippen LogP contribution in [0, 0.1) is 0 Å². The lowest BCUT2D eigenvalue weighted by atomic mass is 9.97. The summed E-state index contributed by atoms with van der Waals surface area (Å²) in [6.45, 7) is 2.44. The normalized spacial score (nSPS) is 12.8. The Labute approximate surface area is 232 Å². The summed E-state index contributed by atoms with van der Waals surface area (Å²) in [5, 5.41) is 6.03. The lowest BCUT2D eigenvalue weighted by Gasteiger charge is -2.33. The van der Waals surface area contributed by atoms with Crippen LogP contribution in [0.2, 0.25) is 10.0 Å². The minimum Gasteiger partial charge on any atom is -0.337 e. The van der Waals surface area contributed by atoms with Crippen LogP contribution in [0.5, 0.6) is 0 Å². The molecular formula is C26H26Cl2N4O4S2. The predicted molar refractivity (Wildman–Crippen MR) is 149 cm³/mol. The van der Waals surface area contributed by atoms with E-state index in [0.29, 0.717) is 11.4 Å². The van der Waals surface area contributed by atoms with Gasteiger partial charge in [0, 0.05) is 29.0 Å². The maximum absolute atomic E-state index is 14.1. The number of nitrogens with two attached hydrogens (primary N) is 1. The van der Waals surface area contributed by atoms with Crippen LogP contribution in [0.3, 0.4) is 0 Å². The van der Waals surface area contributed by atoms with Gasteiger partial charge >= 0.3 is 0 Å². The Balaban J connectivity index is 1.84. The van der Waals surface area contributed by atoms with Crippen molar-refractivity contribution in [3.05, 3.63) is 107 Å². The highest BCUT2D eigenvalue weighted by Crippen LogP contribution is 2.39. The van der Waals surface area contributed by atoms with Gasteiger partial charge in [-0.05, 0) is 73.4 Å². The molecule has 1 heterocycles. The third kappa shape index (κ3) is 6.22. The van der Waals surface area contributed by atoms with Crippen LogP contribution >= 0.6 is 23.2 Å². The molecule has 1 atom stereocenters. The van der Waals surface area contributed by atoms with E-state index in [9.17, 15) is 16.8 Å². The molecule has 0 fully saturated rings. The molecule has 4 aromatic rings. The van der Waals surface area contributed by atoms with Crippen molar-refractivity contribution in [2.24, 2.45) is 5.14 Å². The van der Waals surface area contributed by atoms with Gasteiger partial charge in [-0.1, -0.05) is 47.5 Å². The Bertz CT molecular complexity index is 1630. The fourth-order valence-electron chi connectivity index (χ4n) is 4.34. The number of sulfonamides is 2. The molecule has 4 rings (SSSR count). The first-order valence-corrected chi connectivity index (χ1v) is 15.4. The Hall–Kier alpha value is -2.89. The SMILES string of the molecule is C[C@H](c1ccccc1CCCn1ccnc1)N(c1cc(Cl)ccc1S(N)(=O)=O)S(=O)(=O)c1ccc(Cl)cc1. The number of imidazole rings is 1. The third-order valence-corrected chi connectivity index (χ3v) is 9.46. The molecule has 0 bridgehead atoms. The lowest BCUT2D eigenvalue weighted by Crippen LogP contribution is -2.35. The summed E-state index contributed by atoms with van der Waals surface area (Å²) in [4.78, 5) is 3.64. The zero-order chi connectivity index (χ0) is 27.5. The van der Waals surface area contributed by atoms with Crippen molar-refractivity contribution in [3.63, 3.8) is 0 Å². The van der Waals surface area contributed by atoms with Crippen LogP contribution in [0.25, 0.3) is 0 Å². The molecule has 1 aromatic heterocycles. The highest BCUT2D eigenvalue weighted by molar-refractivity contribution is 7.93. The minimum absolute atomic E-state index is 0.0633. The van der Waals surface area contributed by atoms with Crippen LogP contribution in [0.1, 0.15) is 30.5 Å². The molecule has 0 aliphatic rings. The topological polar surface area (TPSA) is 115 Å². The van der Waals surface area contributed by atoms with Crippen molar-refractivity contribution < 1.29 is 16.8 Å². The van der Waals surface area contributed by atoms with Crippen molar-refractivity contribution in [2.75, 3.05) is 4.31 Å². The summed E-state index contributed by atoms with van der Waals surface area (Å²) in [5.41, 5.74) is 1.50. The molecule has 3 aromatic carbocycles. The minimum atomic E-state index is -4.31. The number of hydrogen-bond donors (Lipinski definition) is 1. The van der Waals surface area contributed by atoms with E-state index in [4.69, 9.17) is 28.3 Å². The quantitative estimate of drug-likeness (QED) is 0.264. The van der Waals surface area contributed by atoms with Gasteiger partial charge in [-0.15, -0.1) is 0 Å². The van der Waals surface area contributed by atoms with Gasteiger partial charge in [0.2, 0.25) is 10.0 Å². The summed E-state index contributed by atoms with van der Waals surface area (Å²) in [5.74, 6) is 0. The zero-order valence-corrected chi connectivity index (χ0v) is 23.6. The van der Waals surface area contributed by atoms with Crippen LogP contribution in [0.15, 0.2) is 95.2 Å². The Kier molecular flexibility index (Phi) is 8.49. The number of anilines is 1. The molecule has 0 saturated heterocycles. The maximum atomic E-state index is 14.1. The third-order valence-electron chi connectivity index (χ3n) is 6.11. The second-order valence-electron chi connectivity index (χ2n) is 8.69. The molecular weight excluding hydrogens is 567 g/mol. The van der Waals surface area contributed by atoms with Crippen molar-refractivity contribution in [1.29, 1.82) is 0 Å². The molecule has 200 valence electrons. The van der Waals surface area contributed by atoms with Crippen LogP contribution in [-0.2, 0) is 33.0 Å². The molecule has 0 aliphatic carbocycles. The van der Waals surface area contributed by atoms with E-state index in [1.807, 2.05) is 35.0 Å². The molecule has 12 heteroatoms. The van der Waals surface area contributed by atoms with E-state index in [1.165, 1.54) is 42.5 Å². The summed E-state index contributed by atoms with van der Waals surface area (Å²) in [7, 11) is -8.61. The van der Waals surface area contributed by atoms with Gasteiger partial charge in [0.15, 0.2) is 0 Å². The van der Waals surface area contributed by atoms with Crippen molar-refractivity contribution in [3.8, 4) is 0 Å². The highest BCUT2D eigenvalue weighted by Gasteiger charge is 2.35. The number of halogens is 2. The number of primary sulfonamides is 1. The molecule has 38 heavy (non-hydrogen) atoms. The number of aromatic nitrogens is 2. The van der Waals surface area contributed by atoms with Crippen LogP contribution < -0.4 is 9.44 Å². The fraction of sp³-hybridized carbons (Fsp3) is 0.192. The number of hydrogen-bond acceptors (Lipinski definition) is 5. The summed E-state index contributed by atoms with van der Waals surface area (Å²) in [6.07, 6.45) is 6.77. The molecule has 0 saturated carbocycles. The van der Waals surface area contributed by atoms with E-state index in [0.717, 1.165) is 28.4 Å². The highest BCUT2D eigenvalue weighted by atomic mass is 35.5. The molecule has 0 spiro atoms. The molecule has 8 nitrogen and oxygen atoms in total. The van der Waals surface area contributed by atoms with E-state index in [-0.39, 0.29) is 20.5 Å². The number of rotatable bonds is 10. The Morgan fingerprint density at radius 1 is 0.974 bits per heavy atom. The second-order valence-corrected chi connectivity index (χ2v) is 12.9. The van der Waals surface area contributed by atoms with Crippen LogP contribution in [0.4, 0.5) is 5.69 Å². The lowest BCUT2D eigenvalue weighted by molar-refractivity contribution is 0.580. The van der Waals surface area contributed by atoms with Gasteiger partial charge in [-0.2, -0.15) is 0 Å². The number of aryl methyl sites for hydroxylation is 2. The van der Waals surface area contributed by atoms with Crippen molar-refractivity contribution >= 4 is 48.9 Å². The van der Waals surface area contributed by atoms with E-state index in [2.05, 4.69) is 4.98 Å². The standard InChI is InChI=1S/C26H26Cl2N4O4S2/c1-19(24-7-3-2-5-20(24)6-4-15-31-16-14-30-18-31)32(38(35,36)23-11-8-21(27)9-12-23)25-17-22(28)10-13-26(25)37(29,33)34/h2-3,5,7-14,16-19H,4,6,15H2,1H3,(H2,29,33,34)/t19-/m1/s1. The first-order chi connectivity index (χ1) is 18.0. The van der Waals surface area contributed by atoms with Gasteiger partial charge in [-0.3, -0.25) is 4.31 Å². The van der Waals surface area contributed by atoms with Crippen LogP contribution in [-0.4, -0.2) is 26.4 Å². The average Bonchev–Trinajstić information content (AvgIpc) is 3.37. The summed E-state index contributed by atoms with van der Waals surface area (Å²) < 4.78 is 56.4. The van der Waals surface area contributed by atoms with Gasteiger partial charge in [0.1, 0.15) is 4.90 Å². The first-order valence-electron chi connectivity index (χ1n) is 11.6. The van der Waals surface area contributed by atoms with Crippen molar-refractivity contribution in [1.82, 2.24) is 9.55 Å². The number of nitrogens with zero attached hydrogens (tertiary/aromatic N) is 3. The van der Waals surface area contributed by atoms with Crippen molar-refractivity contribution in [2.45, 2.75) is 42.1 Å². The van der Waals surface area contributed by atoms with Gasteiger partial charge in [0.05, 0.1) is 23.0 Å². The Morgan fingerprint density at radius 2 is 1.66 bits per heavy atom. The first kappa shape index (κ1) is 28.1. The monoisotopic (exact) mass is 592 g/mol. The number of benzene rings is 3. The molecule has 0 amide bonds. The molecule has 2 N–H and O–H groups in total. The van der Waals surface area contributed by atoms with Gasteiger partial charge < -0.3 is 4.57 Å². The second kappa shape index (κ2) is 11.5. The smallest absolute Gasteiger partial charge is 0.264 e. The van der Waals surface area contributed by atoms with E-state index < -0.39 is 26.1 Å². The zero-order valence-electron chi connectivity index (χ0n) is 20.4. The molecule has 0 aliphatic heterocycles. The van der Waals surface area contributed by atoms with E-state index >= 15 is 0 Å². The summed E-state index contributed by atoms with van der Waals surface area (Å²) in [6, 6.07) is 16.2. The predicted octanol–water partition coefficient (Wildman–Crippen LogP) is 5.43. The molecule has 0 unspecified atom stereocenters. The Morgan fingerprint density at radius 3 is 2.32 bits per heavy atom. The largest absolute Gasteiger partial charge is 0.337 e. The maximum Gasteiger partial charge on any atom is 0.264 e. The van der Waals surface area contributed by atoms with Gasteiger partial charge in [-0.25, -0.2) is 27.0 Å². The fourth-order valence-corrected chi connectivity index (χ4v) is 7.04. The molecule has 0 radical (unpaired) electrons. The average molecular weight is 594 g/mol.